The van der Waals surface area contributed by atoms with Crippen molar-refractivity contribution < 1.29 is 13.2 Å². The molecule has 3 atom stereocenters. The Balaban J connectivity index is 1.39. The maximum Gasteiger partial charge on any atom is 0.416 e. The van der Waals surface area contributed by atoms with E-state index in [9.17, 15) is 13.2 Å². The number of nitrogens with zero attached hydrogens (tertiary/aromatic N) is 3. The van der Waals surface area contributed by atoms with Gasteiger partial charge in [0.15, 0.2) is 0 Å². The molecule has 2 fully saturated rings. The summed E-state index contributed by atoms with van der Waals surface area (Å²) in [6, 6.07) is 11.9. The highest BCUT2D eigenvalue weighted by molar-refractivity contribution is 5.49. The molecular weight excluding hydrogens is 415 g/mol. The molecule has 2 aliphatic rings. The van der Waals surface area contributed by atoms with Crippen LogP contribution in [0.4, 0.5) is 24.7 Å². The van der Waals surface area contributed by atoms with Crippen molar-refractivity contribution in [1.29, 1.82) is 5.26 Å². The van der Waals surface area contributed by atoms with Gasteiger partial charge in [-0.1, -0.05) is 12.8 Å². The van der Waals surface area contributed by atoms with Crippen molar-refractivity contribution in [2.75, 3.05) is 23.3 Å². The quantitative estimate of drug-likeness (QED) is 0.684. The van der Waals surface area contributed by atoms with Crippen LogP contribution in [0.2, 0.25) is 0 Å². The van der Waals surface area contributed by atoms with E-state index in [-0.39, 0.29) is 18.1 Å². The molecule has 4 rings (SSSR count). The summed E-state index contributed by atoms with van der Waals surface area (Å²) in [4.78, 5) is 6.53. The lowest BCUT2D eigenvalue weighted by atomic mass is 9.89. The van der Waals surface area contributed by atoms with E-state index in [0.29, 0.717) is 5.56 Å². The van der Waals surface area contributed by atoms with Crippen molar-refractivity contribution in [2.45, 2.75) is 62.8 Å². The third-order valence-electron chi connectivity index (χ3n) is 6.42. The Kier molecular flexibility index (Phi) is 6.85. The number of piperidine rings is 1. The van der Waals surface area contributed by atoms with Crippen molar-refractivity contribution in [3.05, 3.63) is 53.7 Å². The van der Waals surface area contributed by atoms with Gasteiger partial charge in [-0.25, -0.2) is 4.98 Å². The molecule has 1 saturated heterocycles. The lowest BCUT2D eigenvalue weighted by Gasteiger charge is -2.40. The molecule has 5 nitrogen and oxygen atoms in total. The van der Waals surface area contributed by atoms with Gasteiger partial charge in [-0.3, -0.25) is 0 Å². The number of aromatic nitrogens is 1. The number of nitriles is 1. The molecule has 8 heteroatoms. The van der Waals surface area contributed by atoms with E-state index < -0.39 is 11.7 Å². The molecule has 2 N–H and O–H groups in total. The fraction of sp³-hybridized carbons (Fsp3) is 0.500. The average molecular weight is 444 g/mol. The lowest BCUT2D eigenvalue weighted by molar-refractivity contribution is -0.137. The second-order valence-electron chi connectivity index (χ2n) is 8.68. The standard InChI is InChI=1S/C24H28F3N5/c25-24(26,27)18-7-9-20(10-8-18)32-13-3-4-19(16-32)30-21-5-1-2-6-22(21)31-23-14-17(15-28)11-12-29-23/h7-12,14,19,21-22,30H,1-6,13,16H2,(H,29,31)/t19-,21+,22+/m0/s1. The monoisotopic (exact) mass is 443 g/mol. The minimum absolute atomic E-state index is 0.228. The zero-order valence-electron chi connectivity index (χ0n) is 17.9. The molecule has 170 valence electrons. The summed E-state index contributed by atoms with van der Waals surface area (Å²) in [5.74, 6) is 0.720. The van der Waals surface area contributed by atoms with E-state index in [2.05, 4.69) is 26.6 Å². The normalized spacial score (nSPS) is 24.1. The molecule has 1 aromatic heterocycles. The van der Waals surface area contributed by atoms with E-state index in [1.807, 2.05) is 0 Å². The number of benzene rings is 1. The fourth-order valence-corrected chi connectivity index (χ4v) is 4.78. The Labute approximate surface area is 186 Å². The fourth-order valence-electron chi connectivity index (χ4n) is 4.78. The number of alkyl halides is 3. The Morgan fingerprint density at radius 3 is 2.47 bits per heavy atom. The molecule has 1 aliphatic heterocycles. The van der Waals surface area contributed by atoms with Crippen LogP contribution in [0.1, 0.15) is 49.7 Å². The van der Waals surface area contributed by atoms with Crippen LogP contribution in [0.15, 0.2) is 42.6 Å². The Bertz CT molecular complexity index is 938. The van der Waals surface area contributed by atoms with Gasteiger partial charge in [0.05, 0.1) is 17.2 Å². The summed E-state index contributed by atoms with van der Waals surface area (Å²) in [6.45, 7) is 1.62. The zero-order valence-corrected chi connectivity index (χ0v) is 17.9. The summed E-state index contributed by atoms with van der Waals surface area (Å²) in [7, 11) is 0. The van der Waals surface area contributed by atoms with Gasteiger partial charge in [-0.05, 0) is 62.1 Å². The summed E-state index contributed by atoms with van der Waals surface area (Å²) in [5, 5.41) is 16.5. The topological polar surface area (TPSA) is 64.0 Å². The predicted octanol–water partition coefficient (Wildman–Crippen LogP) is 4.95. The second kappa shape index (κ2) is 9.78. The summed E-state index contributed by atoms with van der Waals surface area (Å²) in [5.41, 5.74) is 0.806. The second-order valence-corrected chi connectivity index (χ2v) is 8.68. The number of hydrogen-bond donors (Lipinski definition) is 2. The Morgan fingerprint density at radius 1 is 1.00 bits per heavy atom. The van der Waals surface area contributed by atoms with Gasteiger partial charge in [0.25, 0.3) is 0 Å². The average Bonchev–Trinajstić information content (AvgIpc) is 2.80. The van der Waals surface area contributed by atoms with Crippen molar-refractivity contribution in [3.8, 4) is 6.07 Å². The van der Waals surface area contributed by atoms with Crippen LogP contribution in [-0.2, 0) is 6.18 Å². The molecule has 32 heavy (non-hydrogen) atoms. The third-order valence-corrected chi connectivity index (χ3v) is 6.42. The highest BCUT2D eigenvalue weighted by Gasteiger charge is 2.31. The highest BCUT2D eigenvalue weighted by atomic mass is 19.4. The number of halogens is 3. The summed E-state index contributed by atoms with van der Waals surface area (Å²) < 4.78 is 38.6. The van der Waals surface area contributed by atoms with Gasteiger partial charge in [-0.2, -0.15) is 18.4 Å². The van der Waals surface area contributed by atoms with E-state index >= 15 is 0 Å². The van der Waals surface area contributed by atoms with Crippen LogP contribution in [-0.4, -0.2) is 36.2 Å². The zero-order chi connectivity index (χ0) is 22.6. The minimum Gasteiger partial charge on any atom is -0.370 e. The van der Waals surface area contributed by atoms with Gasteiger partial charge < -0.3 is 15.5 Å². The van der Waals surface area contributed by atoms with E-state index in [1.54, 1.807) is 30.5 Å². The number of rotatable bonds is 5. The first-order valence-corrected chi connectivity index (χ1v) is 11.2. The van der Waals surface area contributed by atoms with Gasteiger partial charge in [0, 0.05) is 43.1 Å². The minimum atomic E-state index is -4.31. The third kappa shape index (κ3) is 5.52. The van der Waals surface area contributed by atoms with Crippen LogP contribution in [0.25, 0.3) is 0 Å². The van der Waals surface area contributed by atoms with Crippen molar-refractivity contribution >= 4 is 11.5 Å². The Morgan fingerprint density at radius 2 is 1.75 bits per heavy atom. The maximum absolute atomic E-state index is 12.9. The van der Waals surface area contributed by atoms with Gasteiger partial charge in [0.1, 0.15) is 5.82 Å². The van der Waals surface area contributed by atoms with Gasteiger partial charge in [0.2, 0.25) is 0 Å². The predicted molar refractivity (Wildman–Crippen MR) is 118 cm³/mol. The Hall–Kier alpha value is -2.79. The molecule has 1 aromatic carbocycles. The van der Waals surface area contributed by atoms with Crippen molar-refractivity contribution in [2.24, 2.45) is 0 Å². The lowest BCUT2D eigenvalue weighted by Crippen LogP contribution is -2.55. The SMILES string of the molecule is N#Cc1ccnc(N[C@@H]2CCCC[C@H]2N[C@H]2CCCN(c3ccc(C(F)(F)F)cc3)C2)c1. The largest absolute Gasteiger partial charge is 0.416 e. The molecule has 0 amide bonds. The van der Waals surface area contributed by atoms with Crippen LogP contribution >= 0.6 is 0 Å². The highest BCUT2D eigenvalue weighted by Crippen LogP contribution is 2.31. The molecule has 0 radical (unpaired) electrons. The number of hydrogen-bond acceptors (Lipinski definition) is 5. The van der Waals surface area contributed by atoms with E-state index in [0.717, 1.165) is 75.3 Å². The number of pyridine rings is 1. The molecule has 0 spiro atoms. The molecule has 0 bridgehead atoms. The summed E-state index contributed by atoms with van der Waals surface area (Å²) in [6.07, 6.45) is 3.78. The van der Waals surface area contributed by atoms with Crippen molar-refractivity contribution in [1.82, 2.24) is 10.3 Å². The first kappa shape index (κ1) is 22.4. The summed E-state index contributed by atoms with van der Waals surface area (Å²) >= 11 is 0. The molecule has 1 aliphatic carbocycles. The van der Waals surface area contributed by atoms with E-state index in [1.165, 1.54) is 0 Å². The smallest absolute Gasteiger partial charge is 0.370 e. The number of anilines is 2. The molecule has 2 heterocycles. The molecule has 2 aromatic rings. The number of nitrogens with one attached hydrogen (secondary N) is 2. The van der Waals surface area contributed by atoms with Crippen LogP contribution in [0.5, 0.6) is 0 Å². The van der Waals surface area contributed by atoms with Gasteiger partial charge >= 0.3 is 6.18 Å². The molecular formula is C24H28F3N5. The van der Waals surface area contributed by atoms with Crippen molar-refractivity contribution in [3.63, 3.8) is 0 Å². The van der Waals surface area contributed by atoms with Crippen LogP contribution < -0.4 is 15.5 Å². The van der Waals surface area contributed by atoms with Gasteiger partial charge in [-0.15, -0.1) is 0 Å². The maximum atomic E-state index is 12.9. The first-order valence-electron chi connectivity index (χ1n) is 11.2. The van der Waals surface area contributed by atoms with Crippen LogP contribution in [0.3, 0.4) is 0 Å². The first-order chi connectivity index (χ1) is 15.4. The van der Waals surface area contributed by atoms with E-state index in [4.69, 9.17) is 5.26 Å². The molecule has 0 unspecified atom stereocenters. The van der Waals surface area contributed by atoms with Crippen LogP contribution in [0, 0.1) is 11.3 Å². The molecule has 1 saturated carbocycles.